The number of fused-ring (bicyclic) bond motifs is 2. The SMILES string of the molecule is O=C([O-])c1c(Oc2ccc(-c3ccccc3-c3nn[nH]n3)cc2)c(C2CC2)nc2ccccc12.O=C([O-])c1c(Oc2ccc(-c3ccccc3-c3nn[nH]n3)cc2)c(C2CC2)nc2ccccc12.[Li+].[Li+]. The van der Waals surface area contributed by atoms with Crippen LogP contribution in [0.3, 0.4) is 0 Å². The van der Waals surface area contributed by atoms with Crippen molar-refractivity contribution in [3.05, 3.63) is 168 Å². The van der Waals surface area contributed by atoms with E-state index in [0.29, 0.717) is 56.3 Å². The van der Waals surface area contributed by atoms with E-state index in [0.717, 1.165) is 59.1 Å². The Bertz CT molecular complexity index is 3270. The fourth-order valence-corrected chi connectivity index (χ4v) is 8.36. The Morgan fingerprint density at radius 1 is 0.471 bits per heavy atom. The number of para-hydroxylation sites is 2. The number of hydrogen-bond acceptors (Lipinski definition) is 14. The number of aromatic carboxylic acids is 2. The number of benzene rings is 6. The fraction of sp³-hybridized carbons (Fsp3) is 0.115. The molecular weight excluding hydrogens is 875 g/mol. The third kappa shape index (κ3) is 9.54. The summed E-state index contributed by atoms with van der Waals surface area (Å²) in [6.07, 6.45) is 3.83. The van der Waals surface area contributed by atoms with Crippen LogP contribution >= 0.6 is 0 Å². The van der Waals surface area contributed by atoms with Crippen molar-refractivity contribution in [3.8, 4) is 68.0 Å². The number of aromatic amines is 2. The maximum absolute atomic E-state index is 12.2. The number of nitrogens with one attached hydrogen (secondary N) is 2. The average Bonchev–Trinajstić information content (AvgIpc) is 4.28. The molecular formula is C52H36Li2N10O6. The maximum Gasteiger partial charge on any atom is 1.00 e. The van der Waals surface area contributed by atoms with Crippen molar-refractivity contribution in [2.24, 2.45) is 0 Å². The molecule has 0 bridgehead atoms. The van der Waals surface area contributed by atoms with E-state index in [1.54, 1.807) is 24.3 Å². The van der Waals surface area contributed by atoms with Crippen molar-refractivity contribution < 1.29 is 67.0 Å². The molecule has 2 aliphatic carbocycles. The molecule has 2 aliphatic rings. The van der Waals surface area contributed by atoms with Crippen LogP contribution in [0, 0.1) is 0 Å². The maximum atomic E-state index is 12.2. The first kappa shape index (κ1) is 47.1. The number of carbonyl (C=O) groups excluding carboxylic acids is 2. The van der Waals surface area contributed by atoms with Gasteiger partial charge in [-0.1, -0.05) is 109 Å². The van der Waals surface area contributed by atoms with Gasteiger partial charge in [0.25, 0.3) is 0 Å². The Kier molecular flexibility index (Phi) is 13.7. The molecule has 0 saturated heterocycles. The number of carbonyl (C=O) groups is 2. The van der Waals surface area contributed by atoms with Gasteiger partial charge in [-0.2, -0.15) is 10.4 Å². The average molecular weight is 911 g/mol. The van der Waals surface area contributed by atoms with Crippen LogP contribution in [-0.4, -0.2) is 63.2 Å². The number of pyridine rings is 2. The van der Waals surface area contributed by atoms with Gasteiger partial charge in [-0.3, -0.25) is 0 Å². The number of carboxylic acid groups (broad SMARTS) is 2. The molecule has 4 heterocycles. The van der Waals surface area contributed by atoms with Gasteiger partial charge in [0.1, 0.15) is 11.5 Å². The van der Waals surface area contributed by atoms with E-state index in [4.69, 9.17) is 19.4 Å². The standard InChI is InChI=1S/2C26H19N5O3.2Li/c2*32-26(33)22-20-7-3-4-8-21(20)27-23(16-9-10-16)24(22)34-17-13-11-15(12-14-17)18-5-1-2-6-19(18)25-28-30-31-29-25;;/h2*1-8,11-14,16H,9-10H2,(H,32,33)(H,28,29,30,31);;/q;;2*+1/p-2. The van der Waals surface area contributed by atoms with Crippen molar-refractivity contribution in [2.45, 2.75) is 37.5 Å². The smallest absolute Gasteiger partial charge is 0.545 e. The van der Waals surface area contributed by atoms with Crippen molar-refractivity contribution in [3.63, 3.8) is 0 Å². The molecule has 4 aromatic heterocycles. The molecule has 2 N–H and O–H groups in total. The minimum absolute atomic E-state index is 0. The predicted octanol–water partition coefficient (Wildman–Crippen LogP) is 2.24. The Balaban J connectivity index is 0.000000169. The van der Waals surface area contributed by atoms with Crippen LogP contribution in [0.25, 0.3) is 66.8 Å². The largest absolute Gasteiger partial charge is 1.00 e. The second kappa shape index (κ2) is 20.3. The molecule has 0 unspecified atom stereocenters. The summed E-state index contributed by atoms with van der Waals surface area (Å²) in [7, 11) is 0. The van der Waals surface area contributed by atoms with Gasteiger partial charge in [0.2, 0.25) is 11.6 Å². The van der Waals surface area contributed by atoms with Crippen molar-refractivity contribution in [2.75, 3.05) is 0 Å². The summed E-state index contributed by atoms with van der Waals surface area (Å²) in [6.45, 7) is 0. The van der Waals surface area contributed by atoms with Crippen LogP contribution in [0.1, 0.15) is 69.6 Å². The number of nitrogens with zero attached hydrogens (tertiary/aromatic N) is 8. The van der Waals surface area contributed by atoms with E-state index >= 15 is 0 Å². The van der Waals surface area contributed by atoms with E-state index in [1.165, 1.54) is 0 Å². The molecule has 2 saturated carbocycles. The zero-order valence-electron chi connectivity index (χ0n) is 37.9. The quantitative estimate of drug-likeness (QED) is 0.168. The first-order valence-corrected chi connectivity index (χ1v) is 21.9. The molecule has 70 heavy (non-hydrogen) atoms. The summed E-state index contributed by atoms with van der Waals surface area (Å²) in [5.74, 6) is 0.406. The summed E-state index contributed by atoms with van der Waals surface area (Å²) in [6, 6.07) is 44.8. The van der Waals surface area contributed by atoms with Crippen molar-refractivity contribution in [1.29, 1.82) is 0 Å². The van der Waals surface area contributed by atoms with Gasteiger partial charge in [0.05, 0.1) is 45.5 Å². The van der Waals surface area contributed by atoms with Crippen LogP contribution < -0.4 is 57.4 Å². The molecule has 6 aromatic carbocycles. The van der Waals surface area contributed by atoms with Crippen LogP contribution in [0.15, 0.2) is 146 Å². The van der Waals surface area contributed by atoms with Crippen molar-refractivity contribution in [1.82, 2.24) is 51.2 Å². The molecule has 16 nitrogen and oxygen atoms in total. The second-order valence-electron chi connectivity index (χ2n) is 16.4. The summed E-state index contributed by atoms with van der Waals surface area (Å²) >= 11 is 0. The summed E-state index contributed by atoms with van der Waals surface area (Å²) in [5.41, 5.74) is 8.13. The number of hydrogen-bond donors (Lipinski definition) is 2. The monoisotopic (exact) mass is 910 g/mol. The molecule has 0 aliphatic heterocycles. The third-order valence-corrected chi connectivity index (χ3v) is 11.9. The molecule has 0 amide bonds. The van der Waals surface area contributed by atoms with E-state index < -0.39 is 11.9 Å². The normalized spacial score (nSPS) is 12.8. The third-order valence-electron chi connectivity index (χ3n) is 11.9. The second-order valence-corrected chi connectivity index (χ2v) is 16.4. The Hall–Kier alpha value is -7.99. The topological polar surface area (TPSA) is 233 Å². The van der Waals surface area contributed by atoms with E-state index in [-0.39, 0.29) is 72.2 Å². The molecule has 12 rings (SSSR count). The van der Waals surface area contributed by atoms with Gasteiger partial charge in [0.15, 0.2) is 11.5 Å². The summed E-state index contributed by atoms with van der Waals surface area (Å²) in [4.78, 5) is 33.8. The molecule has 0 spiro atoms. The van der Waals surface area contributed by atoms with E-state index in [9.17, 15) is 19.8 Å². The number of H-pyrrole nitrogens is 2. The van der Waals surface area contributed by atoms with Crippen molar-refractivity contribution >= 4 is 33.7 Å². The molecule has 0 atom stereocenters. The zero-order chi connectivity index (χ0) is 46.1. The Morgan fingerprint density at radius 3 is 1.17 bits per heavy atom. The number of aromatic nitrogens is 10. The Morgan fingerprint density at radius 2 is 0.829 bits per heavy atom. The first-order chi connectivity index (χ1) is 33.4. The Labute approximate surface area is 423 Å². The van der Waals surface area contributed by atoms with Gasteiger partial charge in [-0.15, -0.1) is 20.4 Å². The number of tetrazole rings is 2. The molecule has 2 fully saturated rings. The van der Waals surface area contributed by atoms with Crippen LogP contribution in [-0.2, 0) is 0 Å². The van der Waals surface area contributed by atoms with Gasteiger partial charge in [-0.25, -0.2) is 9.97 Å². The zero-order valence-corrected chi connectivity index (χ0v) is 37.9. The number of ether oxygens (including phenoxy) is 2. The van der Waals surface area contributed by atoms with E-state index in [1.807, 2.05) is 121 Å². The van der Waals surface area contributed by atoms with Crippen LogP contribution in [0.5, 0.6) is 23.0 Å². The minimum atomic E-state index is -1.28. The number of carboxylic acids is 2. The van der Waals surface area contributed by atoms with E-state index in [2.05, 4.69) is 41.2 Å². The summed E-state index contributed by atoms with van der Waals surface area (Å²) in [5, 5.41) is 54.0. The van der Waals surface area contributed by atoms with Gasteiger partial charge >= 0.3 is 37.7 Å². The fourth-order valence-electron chi connectivity index (χ4n) is 8.36. The van der Waals surface area contributed by atoms with Gasteiger partial charge in [0, 0.05) is 33.7 Å². The molecule has 332 valence electrons. The molecule has 10 aromatic rings. The molecule has 0 radical (unpaired) electrons. The first-order valence-electron chi connectivity index (χ1n) is 21.9. The minimum Gasteiger partial charge on any atom is -0.545 e. The predicted molar refractivity (Wildman–Crippen MR) is 246 cm³/mol. The van der Waals surface area contributed by atoms with Gasteiger partial charge in [-0.05, 0) is 94.8 Å². The summed E-state index contributed by atoms with van der Waals surface area (Å²) < 4.78 is 12.4. The van der Waals surface area contributed by atoms with Crippen LogP contribution in [0.2, 0.25) is 0 Å². The molecule has 18 heteroatoms. The van der Waals surface area contributed by atoms with Crippen LogP contribution in [0.4, 0.5) is 0 Å². The number of rotatable bonds is 12. The van der Waals surface area contributed by atoms with Gasteiger partial charge < -0.3 is 29.3 Å².